The molecule has 4 N–H and O–H groups in total. The number of benzene rings is 7. The number of nitrogens with zero attached hydrogens (tertiary/aromatic N) is 6. The number of para-hydroxylation sites is 2. The number of hydrogen-bond donors (Lipinski definition) is 4. The predicted molar refractivity (Wildman–Crippen MR) is 395 cm³/mol. The van der Waals surface area contributed by atoms with Crippen LogP contribution in [0.4, 0.5) is 8.78 Å². The maximum atomic E-state index is 13.2. The van der Waals surface area contributed by atoms with E-state index in [1.165, 1.54) is 72.0 Å². The molecule has 6 aromatic heterocycles. The zero-order valence-electron chi connectivity index (χ0n) is 59.7. The quantitative estimate of drug-likeness (QED) is 0.0341. The first-order valence-electron chi connectivity index (χ1n) is 32.0. The van der Waals surface area contributed by atoms with Crippen LogP contribution in [-0.4, -0.2) is 80.3 Å². The van der Waals surface area contributed by atoms with Gasteiger partial charge in [0.05, 0.1) is 48.1 Å². The molecule has 0 saturated carbocycles. The van der Waals surface area contributed by atoms with Crippen LogP contribution in [0.2, 0.25) is 0 Å². The maximum absolute atomic E-state index is 13.2. The minimum atomic E-state index is -0.990. The number of carboxylic acids is 1. The number of carbonyl (C=O) groups excluding carboxylic acids is 3. The Morgan fingerprint density at radius 2 is 0.972 bits per heavy atom. The molecule has 13 aromatic rings. The van der Waals surface area contributed by atoms with Crippen LogP contribution in [0.1, 0.15) is 71.8 Å². The number of aromatic nitrogens is 6. The van der Waals surface area contributed by atoms with E-state index in [2.05, 4.69) is 67.2 Å². The third kappa shape index (κ3) is 40.6. The standard InChI is InChI=1S/C15H10NO.C15H16NO.C13H8NO.C11H6F2N.C9H6NO.C6H5NO2.3C5H8O2.5Ir/c1-3-7-12(8-4-1)14-11-16-15(17-14)13-9-5-2-6-10-13;1-2-3-11-17-14-8-6-7-13(12-14)15-9-4-5-10-16-15;1-2-6-10(7-3-1)13-14-11-8-4-5-9-12(11)15-13;12-8-4-5-9(10(13)7-8)11-3-1-2-6-14-11;1-2-4-8(5-3-1)9-10-6-7-11-9;8-6(9)5-3-1-2-4-7-5;3*1-4(6)3-5(2)7;;;;;/h1-9,11H;4-6,8-10,12H,2-3,11H2,1H3;1-6,8-9H;1-4,6-7H;1-4,6-7H;1-4H,(H,8,9);3*3,6H,1-2H3;;;;;/q5*-1;;;;;;;;;. The van der Waals surface area contributed by atoms with E-state index in [0.717, 1.165) is 87.7 Å². The third-order valence-electron chi connectivity index (χ3n) is 12.5. The Bertz CT molecular complexity index is 4580. The maximum Gasteiger partial charge on any atom is 0.354 e. The van der Waals surface area contributed by atoms with E-state index in [1.54, 1.807) is 61.4 Å². The molecular formula is C84H75F2Ir5N6O12-5. The van der Waals surface area contributed by atoms with Crippen LogP contribution in [-0.2, 0) is 115 Å². The molecule has 13 rings (SSSR count). The molecule has 0 spiro atoms. The van der Waals surface area contributed by atoms with E-state index in [4.69, 9.17) is 38.4 Å². The predicted octanol–water partition coefficient (Wildman–Crippen LogP) is 19.7. The van der Waals surface area contributed by atoms with Gasteiger partial charge >= 0.3 is 5.97 Å². The summed E-state index contributed by atoms with van der Waals surface area (Å²) in [5, 5.41) is 33.4. The summed E-state index contributed by atoms with van der Waals surface area (Å²) >= 11 is 0. The largest absolute Gasteiger partial charge is 0.513 e. The molecular weight excluding hydrogens is 2280 g/mol. The Morgan fingerprint density at radius 3 is 1.41 bits per heavy atom. The Hall–Kier alpha value is -10.1. The van der Waals surface area contributed by atoms with Gasteiger partial charge in [-0.1, -0.05) is 114 Å². The number of carbonyl (C=O) groups is 4. The van der Waals surface area contributed by atoms with Crippen LogP contribution in [0.25, 0.3) is 79.3 Å². The average molecular weight is 2360 g/mol. The summed E-state index contributed by atoms with van der Waals surface area (Å²) in [6, 6.07) is 78.8. The first-order chi connectivity index (χ1) is 50.2. The Morgan fingerprint density at radius 1 is 0.477 bits per heavy atom. The van der Waals surface area contributed by atoms with Crippen molar-refractivity contribution in [3.8, 4) is 74.0 Å². The number of aromatic carboxylic acids is 1. The van der Waals surface area contributed by atoms with Gasteiger partial charge in [-0.05, 0) is 95.7 Å². The normalized spacial score (nSPS) is 9.90. The number of rotatable bonds is 14. The molecule has 6 heterocycles. The smallest absolute Gasteiger partial charge is 0.354 e. The first-order valence-corrected chi connectivity index (χ1v) is 32.0. The topological polar surface area (TPSA) is 275 Å². The number of fused-ring (bicyclic) bond motifs is 1. The van der Waals surface area contributed by atoms with Gasteiger partial charge in [0.15, 0.2) is 17.3 Å². The van der Waals surface area contributed by atoms with Crippen LogP contribution in [0.3, 0.4) is 0 Å². The van der Waals surface area contributed by atoms with Gasteiger partial charge in [-0.15, -0.1) is 133 Å². The molecule has 18 nitrogen and oxygen atoms in total. The van der Waals surface area contributed by atoms with Crippen molar-refractivity contribution < 1.29 is 167 Å². The second-order valence-corrected chi connectivity index (χ2v) is 21.4. The zero-order chi connectivity index (χ0) is 75.3. The molecule has 0 bridgehead atoms. The van der Waals surface area contributed by atoms with Crippen molar-refractivity contribution in [1.29, 1.82) is 0 Å². The van der Waals surface area contributed by atoms with E-state index in [-0.39, 0.29) is 146 Å². The summed E-state index contributed by atoms with van der Waals surface area (Å²) in [6.07, 6.45) is 15.4. The molecule has 109 heavy (non-hydrogen) atoms. The van der Waals surface area contributed by atoms with E-state index < -0.39 is 17.6 Å². The minimum absolute atomic E-state index is 0. The van der Waals surface area contributed by atoms with E-state index in [1.807, 2.05) is 164 Å². The van der Waals surface area contributed by atoms with Crippen molar-refractivity contribution in [3.63, 3.8) is 0 Å². The number of aliphatic hydroxyl groups is 3. The third-order valence-corrected chi connectivity index (χ3v) is 12.5. The van der Waals surface area contributed by atoms with Gasteiger partial charge in [0.1, 0.15) is 34.7 Å². The van der Waals surface area contributed by atoms with Crippen molar-refractivity contribution in [2.45, 2.75) is 61.3 Å². The molecule has 0 amide bonds. The van der Waals surface area contributed by atoms with Gasteiger partial charge in [-0.2, -0.15) is 0 Å². The number of oxazole rings is 3. The fraction of sp³-hybridized carbons (Fsp3) is 0.119. The molecule has 0 atom stereocenters. The number of ether oxygens (including phenoxy) is 1. The van der Waals surface area contributed by atoms with Crippen molar-refractivity contribution in [3.05, 3.63) is 333 Å². The van der Waals surface area contributed by atoms with Gasteiger partial charge in [-0.3, -0.25) is 38.1 Å². The number of carboxylic acid groups (broad SMARTS) is 1. The van der Waals surface area contributed by atoms with Crippen molar-refractivity contribution in [1.82, 2.24) is 29.9 Å². The fourth-order valence-corrected chi connectivity index (χ4v) is 8.12. The second kappa shape index (κ2) is 57.1. The number of hydrogen-bond acceptors (Lipinski definition) is 17. The molecule has 0 aliphatic carbocycles. The fourth-order valence-electron chi connectivity index (χ4n) is 8.12. The van der Waals surface area contributed by atoms with Crippen LogP contribution >= 0.6 is 0 Å². The molecule has 0 aliphatic rings. The van der Waals surface area contributed by atoms with Crippen LogP contribution in [0.5, 0.6) is 5.75 Å². The molecule has 577 valence electrons. The molecule has 5 radical (unpaired) electrons. The van der Waals surface area contributed by atoms with Gasteiger partial charge in [-0.25, -0.2) is 9.78 Å². The summed E-state index contributed by atoms with van der Waals surface area (Å²) in [5.41, 5.74) is 7.97. The monoisotopic (exact) mass is 2360 g/mol. The van der Waals surface area contributed by atoms with Crippen molar-refractivity contribution in [2.75, 3.05) is 6.61 Å². The molecule has 0 saturated heterocycles. The summed E-state index contributed by atoms with van der Waals surface area (Å²) in [6.45, 7) is 11.5. The second-order valence-electron chi connectivity index (χ2n) is 21.4. The molecule has 0 fully saturated rings. The zero-order valence-corrected chi connectivity index (χ0v) is 71.7. The first kappa shape index (κ1) is 98.9. The molecule has 0 unspecified atom stereocenters. The summed E-state index contributed by atoms with van der Waals surface area (Å²) in [7, 11) is 0. The van der Waals surface area contributed by atoms with Gasteiger partial charge < -0.3 is 48.4 Å². The van der Waals surface area contributed by atoms with E-state index >= 15 is 0 Å². The van der Waals surface area contributed by atoms with E-state index in [0.29, 0.717) is 23.4 Å². The molecule has 25 heteroatoms. The van der Waals surface area contributed by atoms with Crippen LogP contribution in [0.15, 0.2) is 298 Å². The van der Waals surface area contributed by atoms with Crippen LogP contribution in [0, 0.1) is 42.0 Å². The Kier molecular flexibility index (Phi) is 51.8. The van der Waals surface area contributed by atoms with Gasteiger partial charge in [0.25, 0.3) is 0 Å². The number of allylic oxidation sites excluding steroid dienone is 6. The Balaban J connectivity index is 0.00000122. The van der Waals surface area contributed by atoms with E-state index in [9.17, 15) is 28.0 Å². The number of aliphatic hydroxyl groups excluding tert-OH is 3. The molecule has 7 aromatic carbocycles. The number of ketones is 3. The number of halogens is 2. The summed E-state index contributed by atoms with van der Waals surface area (Å²) < 4.78 is 47.9. The van der Waals surface area contributed by atoms with Crippen molar-refractivity contribution in [2.24, 2.45) is 0 Å². The van der Waals surface area contributed by atoms with Gasteiger partial charge in [0.2, 0.25) is 0 Å². The summed E-state index contributed by atoms with van der Waals surface area (Å²) in [5.74, 6) is 1.04. The number of pyridine rings is 3. The number of unbranched alkanes of at least 4 members (excludes halogenated alkanes) is 1. The molecule has 0 aliphatic heterocycles. The van der Waals surface area contributed by atoms with Gasteiger partial charge in [0, 0.05) is 160 Å². The average Bonchev–Trinajstić information content (AvgIpc) is 1.72. The minimum Gasteiger partial charge on any atom is -0.513 e. The summed E-state index contributed by atoms with van der Waals surface area (Å²) in [4.78, 5) is 64.7. The Labute approximate surface area is 699 Å². The van der Waals surface area contributed by atoms with Crippen LogP contribution < -0.4 is 4.74 Å². The van der Waals surface area contributed by atoms with Crippen molar-refractivity contribution >= 4 is 34.4 Å². The SMILES string of the molecule is CC(=O)C=C(C)O.CC(=O)C=C(C)O.CC(=O)C=C(C)O.CCCCOc1cc[c-]c(-c2ccccn2)c1.Fc1c[c-]c(-c2ccccn2)c(F)c1.O=C(O)c1ccccn1.[Ir].[Ir].[Ir].[Ir].[Ir].[c-]1ccccc1-c1nc2ccccc2o1.[c-]1ccccc1-c1ncc(-c2ccccc2)o1.[c-]1ccccc1-c1ncco1.